The molecule has 0 amide bonds. The summed E-state index contributed by atoms with van der Waals surface area (Å²) in [5.74, 6) is -4.71. The van der Waals surface area contributed by atoms with E-state index in [2.05, 4.69) is 24.6 Å². The SMILES string of the molecule is O=c1onc(-c2nonc2[N+](=O)[O-])n1-c1ccc(F)c(F)c1. The molecule has 0 atom stereocenters. The van der Waals surface area contributed by atoms with E-state index in [1.165, 1.54) is 0 Å². The van der Waals surface area contributed by atoms with Gasteiger partial charge in [0.05, 0.1) is 5.69 Å². The molecule has 1 aromatic carbocycles. The molecule has 0 N–H and O–H groups in total. The van der Waals surface area contributed by atoms with E-state index in [0.717, 1.165) is 12.1 Å². The second-order valence-electron chi connectivity index (χ2n) is 3.90. The van der Waals surface area contributed by atoms with Crippen molar-refractivity contribution in [2.75, 3.05) is 0 Å². The van der Waals surface area contributed by atoms with Crippen molar-refractivity contribution in [2.24, 2.45) is 0 Å². The zero-order valence-electron chi connectivity index (χ0n) is 10.3. The van der Waals surface area contributed by atoms with Gasteiger partial charge < -0.3 is 10.1 Å². The number of hydrogen-bond donors (Lipinski definition) is 0. The second-order valence-corrected chi connectivity index (χ2v) is 3.90. The van der Waals surface area contributed by atoms with Gasteiger partial charge in [0.25, 0.3) is 5.69 Å². The minimum atomic E-state index is -1.23. The third-order valence-electron chi connectivity index (χ3n) is 2.62. The van der Waals surface area contributed by atoms with Crippen LogP contribution in [0.1, 0.15) is 0 Å². The predicted molar refractivity (Wildman–Crippen MR) is 62.0 cm³/mol. The molecule has 10 nitrogen and oxygen atoms in total. The summed E-state index contributed by atoms with van der Waals surface area (Å²) < 4.78 is 35.5. The molecule has 2 aromatic heterocycles. The van der Waals surface area contributed by atoms with Crippen LogP contribution < -0.4 is 5.76 Å². The third kappa shape index (κ3) is 2.02. The Kier molecular flexibility index (Phi) is 2.98. The summed E-state index contributed by atoms with van der Waals surface area (Å²) >= 11 is 0. The maximum absolute atomic E-state index is 13.3. The van der Waals surface area contributed by atoms with E-state index >= 15 is 0 Å². The van der Waals surface area contributed by atoms with E-state index < -0.39 is 39.7 Å². The van der Waals surface area contributed by atoms with Crippen molar-refractivity contribution in [3.05, 3.63) is 50.5 Å². The van der Waals surface area contributed by atoms with Gasteiger partial charge in [-0.1, -0.05) is 5.16 Å². The Balaban J connectivity index is 2.24. The molecule has 3 aromatic rings. The van der Waals surface area contributed by atoms with Crippen LogP contribution >= 0.6 is 0 Å². The van der Waals surface area contributed by atoms with Crippen molar-refractivity contribution in [3.8, 4) is 17.2 Å². The molecule has 0 saturated heterocycles. The lowest BCUT2D eigenvalue weighted by Gasteiger charge is -2.02. The van der Waals surface area contributed by atoms with Crippen LogP contribution in [0.3, 0.4) is 0 Å². The van der Waals surface area contributed by atoms with Crippen molar-refractivity contribution in [1.29, 1.82) is 0 Å². The Morgan fingerprint density at radius 1 is 1.18 bits per heavy atom. The first-order valence-corrected chi connectivity index (χ1v) is 5.50. The average Bonchev–Trinajstić information content (AvgIpc) is 3.08. The largest absolute Gasteiger partial charge is 0.446 e. The molecule has 0 radical (unpaired) electrons. The number of benzene rings is 1. The Morgan fingerprint density at radius 3 is 2.64 bits per heavy atom. The molecule has 0 fully saturated rings. The van der Waals surface area contributed by atoms with E-state index in [0.29, 0.717) is 10.6 Å². The summed E-state index contributed by atoms with van der Waals surface area (Å²) in [6, 6.07) is 2.51. The van der Waals surface area contributed by atoms with Crippen LogP contribution in [0.5, 0.6) is 0 Å². The van der Waals surface area contributed by atoms with E-state index in [9.17, 15) is 23.7 Å². The molecule has 0 aliphatic carbocycles. The standard InChI is InChI=1S/C10H3F2N5O5/c11-5-2-1-4(3-6(5)12)16-8(14-21-10(16)18)7-9(17(19)20)15-22-13-7/h1-3H. The van der Waals surface area contributed by atoms with Gasteiger partial charge in [-0.05, 0) is 22.2 Å². The quantitative estimate of drug-likeness (QED) is 0.518. The number of nitro groups is 1. The van der Waals surface area contributed by atoms with Crippen LogP contribution in [0.4, 0.5) is 14.6 Å². The van der Waals surface area contributed by atoms with E-state index in [4.69, 9.17) is 0 Å². The Morgan fingerprint density at radius 2 is 1.95 bits per heavy atom. The van der Waals surface area contributed by atoms with Crippen LogP contribution in [0.15, 0.2) is 32.1 Å². The van der Waals surface area contributed by atoms with E-state index in [-0.39, 0.29) is 5.69 Å². The smallest absolute Gasteiger partial charge is 0.358 e. The minimum absolute atomic E-state index is 0.169. The minimum Gasteiger partial charge on any atom is -0.358 e. The predicted octanol–water partition coefficient (Wildman–Crippen LogP) is 1.06. The van der Waals surface area contributed by atoms with Crippen molar-refractivity contribution >= 4 is 5.82 Å². The monoisotopic (exact) mass is 311 g/mol. The van der Waals surface area contributed by atoms with Gasteiger partial charge in [-0.3, -0.25) is 4.52 Å². The van der Waals surface area contributed by atoms with Crippen molar-refractivity contribution in [3.63, 3.8) is 0 Å². The zero-order chi connectivity index (χ0) is 15.9. The summed E-state index contributed by atoms with van der Waals surface area (Å²) in [6.07, 6.45) is 0. The maximum atomic E-state index is 13.3. The maximum Gasteiger partial charge on any atom is 0.446 e. The van der Waals surface area contributed by atoms with Crippen LogP contribution in [0.2, 0.25) is 0 Å². The molecule has 22 heavy (non-hydrogen) atoms. The lowest BCUT2D eigenvalue weighted by atomic mass is 10.3. The topological polar surface area (TPSA) is 130 Å². The lowest BCUT2D eigenvalue weighted by Crippen LogP contribution is -2.14. The second kappa shape index (κ2) is 4.83. The summed E-state index contributed by atoms with van der Waals surface area (Å²) in [4.78, 5) is 21.6. The van der Waals surface area contributed by atoms with Gasteiger partial charge >= 0.3 is 11.6 Å². The first-order chi connectivity index (χ1) is 10.5. The Labute approximate surface area is 117 Å². The van der Waals surface area contributed by atoms with Crippen LogP contribution in [0, 0.1) is 21.7 Å². The lowest BCUT2D eigenvalue weighted by molar-refractivity contribution is -0.390. The fourth-order valence-corrected chi connectivity index (χ4v) is 1.70. The number of nitrogens with zero attached hydrogens (tertiary/aromatic N) is 5. The molecule has 0 aliphatic heterocycles. The molecule has 0 saturated carbocycles. The number of hydrogen-bond acceptors (Lipinski definition) is 8. The van der Waals surface area contributed by atoms with E-state index in [1.54, 1.807) is 0 Å². The van der Waals surface area contributed by atoms with Crippen LogP contribution in [-0.4, -0.2) is 25.0 Å². The molecule has 0 unspecified atom stereocenters. The molecular formula is C10H3F2N5O5. The molecule has 0 spiro atoms. The van der Waals surface area contributed by atoms with Gasteiger partial charge in [0.15, 0.2) is 16.8 Å². The number of aromatic nitrogens is 4. The van der Waals surface area contributed by atoms with Crippen molar-refractivity contribution < 1.29 is 22.9 Å². The zero-order valence-corrected chi connectivity index (χ0v) is 10.3. The molecule has 0 bridgehead atoms. The molecule has 0 aliphatic rings. The van der Waals surface area contributed by atoms with Gasteiger partial charge in [0.1, 0.15) is 0 Å². The number of rotatable bonds is 3. The highest BCUT2D eigenvalue weighted by Gasteiger charge is 2.30. The van der Waals surface area contributed by atoms with Gasteiger partial charge in [-0.2, -0.15) is 0 Å². The van der Waals surface area contributed by atoms with Gasteiger partial charge in [0, 0.05) is 6.07 Å². The first-order valence-electron chi connectivity index (χ1n) is 5.50. The van der Waals surface area contributed by atoms with Gasteiger partial charge in [-0.25, -0.2) is 18.1 Å². The normalized spacial score (nSPS) is 10.8. The average molecular weight is 311 g/mol. The summed E-state index contributed by atoms with van der Waals surface area (Å²) in [5.41, 5.74) is -0.668. The Bertz CT molecular complexity index is 930. The van der Waals surface area contributed by atoms with Crippen molar-refractivity contribution in [1.82, 2.24) is 20.0 Å². The molecule has 12 heteroatoms. The van der Waals surface area contributed by atoms with Crippen LogP contribution in [-0.2, 0) is 0 Å². The summed E-state index contributed by atoms with van der Waals surface area (Å²) in [7, 11) is 0. The van der Waals surface area contributed by atoms with Crippen molar-refractivity contribution in [2.45, 2.75) is 0 Å². The molecule has 2 heterocycles. The third-order valence-corrected chi connectivity index (χ3v) is 2.62. The summed E-state index contributed by atoms with van der Waals surface area (Å²) in [5, 5.41) is 20.4. The van der Waals surface area contributed by atoms with Gasteiger partial charge in [-0.15, -0.1) is 4.63 Å². The Hall–Kier alpha value is -3.44. The highest BCUT2D eigenvalue weighted by atomic mass is 19.2. The van der Waals surface area contributed by atoms with E-state index in [1.807, 2.05) is 0 Å². The fraction of sp³-hybridized carbons (Fsp3) is 0. The molecular weight excluding hydrogens is 308 g/mol. The highest BCUT2D eigenvalue weighted by molar-refractivity contribution is 5.60. The fourth-order valence-electron chi connectivity index (χ4n) is 1.70. The van der Waals surface area contributed by atoms with Gasteiger partial charge in [0.2, 0.25) is 5.82 Å². The summed E-state index contributed by atoms with van der Waals surface area (Å²) in [6.45, 7) is 0. The highest BCUT2D eigenvalue weighted by Crippen LogP contribution is 2.25. The number of halogens is 2. The first kappa shape index (κ1) is 13.5. The molecule has 112 valence electrons. The molecule has 3 rings (SSSR count). The van der Waals surface area contributed by atoms with Crippen LogP contribution in [0.25, 0.3) is 17.2 Å².